The van der Waals surface area contributed by atoms with Crippen molar-refractivity contribution in [2.45, 2.75) is 46.1 Å². The molecule has 5 nitrogen and oxygen atoms in total. The first-order valence-electron chi connectivity index (χ1n) is 7.05. The number of thioether (sulfide) groups is 1. The minimum Gasteiger partial charge on any atom is -0.444 e. The molecule has 0 fully saturated rings. The number of ether oxygens (including phenoxy) is 1. The number of nitrogens with zero attached hydrogens (tertiary/aromatic N) is 1. The Morgan fingerprint density at radius 2 is 1.95 bits per heavy atom. The zero-order chi connectivity index (χ0) is 15.6. The molecular formula is C14H28N2O3S. The maximum absolute atomic E-state index is 11.7. The van der Waals surface area contributed by atoms with Crippen LogP contribution in [0.1, 0.15) is 40.5 Å². The molecule has 118 valence electrons. The molecule has 1 N–H and O–H groups in total. The number of nitrogens with one attached hydrogen (secondary N) is 1. The lowest BCUT2D eigenvalue weighted by molar-refractivity contribution is -0.127. The topological polar surface area (TPSA) is 58.6 Å². The van der Waals surface area contributed by atoms with Crippen LogP contribution in [0.5, 0.6) is 0 Å². The van der Waals surface area contributed by atoms with Gasteiger partial charge in [-0.25, -0.2) is 4.79 Å². The highest BCUT2D eigenvalue weighted by Gasteiger charge is 2.15. The molecule has 0 aromatic carbocycles. The van der Waals surface area contributed by atoms with Crippen LogP contribution in [0.15, 0.2) is 0 Å². The van der Waals surface area contributed by atoms with Gasteiger partial charge in [-0.05, 0) is 27.2 Å². The van der Waals surface area contributed by atoms with E-state index in [1.807, 2.05) is 27.8 Å². The maximum Gasteiger partial charge on any atom is 0.407 e. The van der Waals surface area contributed by atoms with Crippen molar-refractivity contribution in [2.75, 3.05) is 31.6 Å². The summed E-state index contributed by atoms with van der Waals surface area (Å²) in [5, 5.41) is 2.67. The van der Waals surface area contributed by atoms with Crippen molar-refractivity contribution >= 4 is 23.8 Å². The van der Waals surface area contributed by atoms with Crippen molar-refractivity contribution < 1.29 is 14.3 Å². The smallest absolute Gasteiger partial charge is 0.407 e. The molecular weight excluding hydrogens is 276 g/mol. The van der Waals surface area contributed by atoms with E-state index in [-0.39, 0.29) is 5.91 Å². The second-order valence-electron chi connectivity index (χ2n) is 5.65. The molecule has 2 amide bonds. The van der Waals surface area contributed by atoms with Gasteiger partial charge in [0.05, 0.1) is 5.75 Å². The molecule has 0 aliphatic heterocycles. The summed E-state index contributed by atoms with van der Waals surface area (Å²) in [5.74, 6) is 1.30. The van der Waals surface area contributed by atoms with Crippen LogP contribution >= 0.6 is 11.8 Å². The molecule has 0 spiro atoms. The van der Waals surface area contributed by atoms with Crippen molar-refractivity contribution in [1.29, 1.82) is 0 Å². The van der Waals surface area contributed by atoms with E-state index < -0.39 is 11.7 Å². The minimum atomic E-state index is -0.477. The molecule has 6 heteroatoms. The summed E-state index contributed by atoms with van der Waals surface area (Å²) in [6, 6.07) is 0. The molecule has 0 aliphatic rings. The number of hydrogen-bond acceptors (Lipinski definition) is 4. The van der Waals surface area contributed by atoms with Gasteiger partial charge in [0.2, 0.25) is 5.91 Å². The number of carbonyl (C=O) groups is 2. The molecule has 0 aliphatic carbocycles. The van der Waals surface area contributed by atoms with Gasteiger partial charge in [-0.3, -0.25) is 4.79 Å². The van der Waals surface area contributed by atoms with Crippen molar-refractivity contribution in [3.05, 3.63) is 0 Å². The average Bonchev–Trinajstić information content (AvgIpc) is 2.32. The normalized spacial score (nSPS) is 11.1. The van der Waals surface area contributed by atoms with Crippen LogP contribution in [0.2, 0.25) is 0 Å². The van der Waals surface area contributed by atoms with Crippen molar-refractivity contribution in [3.63, 3.8) is 0 Å². The molecule has 0 heterocycles. The zero-order valence-electron chi connectivity index (χ0n) is 13.3. The van der Waals surface area contributed by atoms with Gasteiger partial charge >= 0.3 is 6.09 Å². The number of unbranched alkanes of at least 4 members (excludes halogenated alkanes) is 1. The zero-order valence-corrected chi connectivity index (χ0v) is 14.1. The Kier molecular flexibility index (Phi) is 9.46. The molecule has 0 saturated heterocycles. The van der Waals surface area contributed by atoms with Crippen LogP contribution in [0.4, 0.5) is 4.79 Å². The monoisotopic (exact) mass is 304 g/mol. The van der Waals surface area contributed by atoms with E-state index in [0.717, 1.165) is 19.4 Å². The van der Waals surface area contributed by atoms with Gasteiger partial charge in [-0.1, -0.05) is 13.3 Å². The number of alkyl carbamates (subject to hydrolysis) is 1. The Labute approximate surface area is 126 Å². The van der Waals surface area contributed by atoms with E-state index in [9.17, 15) is 9.59 Å². The Morgan fingerprint density at radius 1 is 1.30 bits per heavy atom. The van der Waals surface area contributed by atoms with E-state index in [1.165, 1.54) is 11.8 Å². The fraction of sp³-hybridized carbons (Fsp3) is 0.857. The van der Waals surface area contributed by atoms with E-state index in [4.69, 9.17) is 4.74 Å². The van der Waals surface area contributed by atoms with Gasteiger partial charge < -0.3 is 15.0 Å². The predicted molar refractivity (Wildman–Crippen MR) is 84.1 cm³/mol. The first-order valence-corrected chi connectivity index (χ1v) is 8.20. The van der Waals surface area contributed by atoms with Crippen LogP contribution < -0.4 is 5.32 Å². The van der Waals surface area contributed by atoms with Crippen LogP contribution in [-0.4, -0.2) is 54.1 Å². The first-order chi connectivity index (χ1) is 9.26. The van der Waals surface area contributed by atoms with Crippen molar-refractivity contribution in [3.8, 4) is 0 Å². The first kappa shape index (κ1) is 19.1. The van der Waals surface area contributed by atoms with Gasteiger partial charge in [0.1, 0.15) is 5.60 Å². The number of carbonyl (C=O) groups excluding carboxylic acids is 2. The van der Waals surface area contributed by atoms with E-state index >= 15 is 0 Å². The second kappa shape index (κ2) is 9.91. The van der Waals surface area contributed by atoms with E-state index in [1.54, 1.807) is 4.90 Å². The summed E-state index contributed by atoms with van der Waals surface area (Å²) in [6.45, 7) is 8.90. The Bertz CT molecular complexity index is 303. The summed E-state index contributed by atoms with van der Waals surface area (Å²) < 4.78 is 5.11. The highest BCUT2D eigenvalue weighted by atomic mass is 32.2. The van der Waals surface area contributed by atoms with Gasteiger partial charge in [-0.2, -0.15) is 11.8 Å². The second-order valence-corrected chi connectivity index (χ2v) is 6.76. The lowest BCUT2D eigenvalue weighted by Crippen LogP contribution is -2.34. The number of hydrogen-bond donors (Lipinski definition) is 1. The van der Waals surface area contributed by atoms with Crippen molar-refractivity contribution in [2.24, 2.45) is 0 Å². The van der Waals surface area contributed by atoms with E-state index in [2.05, 4.69) is 12.2 Å². The Hall–Kier alpha value is -0.910. The lowest BCUT2D eigenvalue weighted by atomic mass is 10.2. The molecule has 20 heavy (non-hydrogen) atoms. The summed E-state index contributed by atoms with van der Waals surface area (Å²) >= 11 is 1.52. The maximum atomic E-state index is 11.7. The van der Waals surface area contributed by atoms with Crippen LogP contribution in [0.25, 0.3) is 0 Å². The highest BCUT2D eigenvalue weighted by molar-refractivity contribution is 7.99. The number of amides is 2. The quantitative estimate of drug-likeness (QED) is 0.700. The molecule has 0 unspecified atom stereocenters. The van der Waals surface area contributed by atoms with Gasteiger partial charge in [0, 0.05) is 25.9 Å². The summed E-state index contributed by atoms with van der Waals surface area (Å²) in [6.07, 6.45) is 1.71. The predicted octanol–water partition coefficient (Wildman–Crippen LogP) is 2.50. The van der Waals surface area contributed by atoms with Gasteiger partial charge in [0.15, 0.2) is 0 Å². The lowest BCUT2D eigenvalue weighted by Gasteiger charge is -2.19. The van der Waals surface area contributed by atoms with Gasteiger partial charge in [-0.15, -0.1) is 0 Å². The molecule has 0 bridgehead atoms. The molecule has 0 aromatic rings. The molecule has 0 saturated carbocycles. The van der Waals surface area contributed by atoms with Crippen LogP contribution in [-0.2, 0) is 9.53 Å². The molecule has 0 aromatic heterocycles. The third-order valence-corrected chi connectivity index (χ3v) is 3.36. The third-order valence-electron chi connectivity index (χ3n) is 2.41. The summed E-state index contributed by atoms with van der Waals surface area (Å²) in [5.41, 5.74) is -0.477. The van der Waals surface area contributed by atoms with Crippen LogP contribution in [0, 0.1) is 0 Å². The summed E-state index contributed by atoms with van der Waals surface area (Å²) in [4.78, 5) is 24.9. The minimum absolute atomic E-state index is 0.140. The highest BCUT2D eigenvalue weighted by Crippen LogP contribution is 2.06. The third kappa shape index (κ3) is 11.0. The average molecular weight is 304 g/mol. The molecule has 0 atom stereocenters. The van der Waals surface area contributed by atoms with Crippen molar-refractivity contribution in [1.82, 2.24) is 10.2 Å². The fourth-order valence-electron chi connectivity index (χ4n) is 1.33. The van der Waals surface area contributed by atoms with Gasteiger partial charge in [0.25, 0.3) is 0 Å². The fourth-order valence-corrected chi connectivity index (χ4v) is 2.11. The standard InChI is InChI=1S/C14H28N2O3S/c1-6-7-9-16(5)12(17)11-20-10-8-15-13(18)19-14(2,3)4/h6-11H2,1-5H3,(H,15,18). The summed E-state index contributed by atoms with van der Waals surface area (Å²) in [7, 11) is 1.83. The molecule has 0 radical (unpaired) electrons. The Morgan fingerprint density at radius 3 is 2.50 bits per heavy atom. The SMILES string of the molecule is CCCCN(C)C(=O)CSCCNC(=O)OC(C)(C)C. The largest absolute Gasteiger partial charge is 0.444 e. The van der Waals surface area contributed by atoms with Crippen LogP contribution in [0.3, 0.4) is 0 Å². The number of rotatable bonds is 8. The van der Waals surface area contributed by atoms with E-state index in [0.29, 0.717) is 18.1 Å². The molecule has 0 rings (SSSR count). The Balaban J connectivity index is 3.61.